The maximum Gasteiger partial charge on any atom is 0.193 e. The summed E-state index contributed by atoms with van der Waals surface area (Å²) < 4.78 is 2.22. The molecule has 0 saturated heterocycles. The van der Waals surface area contributed by atoms with Gasteiger partial charge in [-0.2, -0.15) is 0 Å². The highest BCUT2D eigenvalue weighted by atomic mass is 16.1. The predicted molar refractivity (Wildman–Crippen MR) is 96.1 cm³/mol. The fourth-order valence-electron chi connectivity index (χ4n) is 3.47. The van der Waals surface area contributed by atoms with Crippen LogP contribution in [0.3, 0.4) is 0 Å². The molecule has 0 saturated carbocycles. The Labute approximate surface area is 135 Å². The Morgan fingerprint density at radius 1 is 1.04 bits per heavy atom. The summed E-state index contributed by atoms with van der Waals surface area (Å²) in [6.45, 7) is 2.18. The van der Waals surface area contributed by atoms with Crippen molar-refractivity contribution in [3.05, 3.63) is 82.2 Å². The number of allylic oxidation sites excluding steroid dienone is 1. The van der Waals surface area contributed by atoms with Crippen LogP contribution in [0, 0.1) is 5.92 Å². The lowest BCUT2D eigenvalue weighted by Crippen LogP contribution is -2.22. The summed E-state index contributed by atoms with van der Waals surface area (Å²) in [5.41, 5.74) is 4.23. The monoisotopic (exact) mass is 301 g/mol. The number of para-hydroxylation sites is 2. The zero-order chi connectivity index (χ0) is 15.8. The Kier molecular flexibility index (Phi) is 3.38. The van der Waals surface area contributed by atoms with E-state index in [1.165, 1.54) is 0 Å². The van der Waals surface area contributed by atoms with E-state index >= 15 is 0 Å². The summed E-state index contributed by atoms with van der Waals surface area (Å²) in [4.78, 5) is 13.0. The van der Waals surface area contributed by atoms with Gasteiger partial charge in [-0.25, -0.2) is 0 Å². The molecule has 4 rings (SSSR count). The Morgan fingerprint density at radius 3 is 2.57 bits per heavy atom. The van der Waals surface area contributed by atoms with E-state index in [9.17, 15) is 4.79 Å². The molecule has 1 aromatic heterocycles. The smallest absolute Gasteiger partial charge is 0.193 e. The first kappa shape index (κ1) is 14.0. The molecule has 0 N–H and O–H groups in total. The minimum atomic E-state index is 0.186. The van der Waals surface area contributed by atoms with Crippen molar-refractivity contribution in [1.82, 2.24) is 4.57 Å². The topological polar surface area (TPSA) is 22.0 Å². The van der Waals surface area contributed by atoms with Gasteiger partial charge in [0.15, 0.2) is 5.43 Å². The minimum absolute atomic E-state index is 0.186. The van der Waals surface area contributed by atoms with Crippen molar-refractivity contribution in [2.45, 2.75) is 19.8 Å². The second-order valence-electron chi connectivity index (χ2n) is 6.11. The van der Waals surface area contributed by atoms with Gasteiger partial charge >= 0.3 is 0 Å². The van der Waals surface area contributed by atoms with E-state index in [4.69, 9.17) is 0 Å². The number of hydrogen-bond acceptors (Lipinski definition) is 1. The van der Waals surface area contributed by atoms with E-state index in [0.717, 1.165) is 40.7 Å². The Balaban J connectivity index is 2.13. The highest BCUT2D eigenvalue weighted by Gasteiger charge is 2.21. The van der Waals surface area contributed by atoms with Crippen LogP contribution in [0.15, 0.2) is 65.5 Å². The maximum atomic E-state index is 13.0. The first-order chi connectivity index (χ1) is 11.3. The molecule has 0 fully saturated rings. The Morgan fingerprint density at radius 2 is 1.78 bits per heavy atom. The Hall–Kier alpha value is -2.61. The lowest BCUT2D eigenvalue weighted by Gasteiger charge is -2.23. The molecule has 2 aromatic carbocycles. The number of hydrogen-bond donors (Lipinski definition) is 0. The van der Waals surface area contributed by atoms with Crippen LogP contribution in [0.4, 0.5) is 0 Å². The summed E-state index contributed by atoms with van der Waals surface area (Å²) in [7, 11) is 0. The molecular weight excluding hydrogens is 282 g/mol. The van der Waals surface area contributed by atoms with Gasteiger partial charge in [-0.1, -0.05) is 43.3 Å². The van der Waals surface area contributed by atoms with Gasteiger partial charge in [-0.15, -0.1) is 0 Å². The van der Waals surface area contributed by atoms with Gasteiger partial charge in [0.1, 0.15) is 0 Å². The first-order valence-corrected chi connectivity index (χ1v) is 8.20. The van der Waals surface area contributed by atoms with E-state index in [1.54, 1.807) is 0 Å². The van der Waals surface area contributed by atoms with Crippen LogP contribution in [0.1, 0.15) is 24.6 Å². The number of benzene rings is 2. The molecular formula is C21H19NO. The molecule has 1 atom stereocenters. The van der Waals surface area contributed by atoms with Gasteiger partial charge in [0, 0.05) is 16.6 Å². The van der Waals surface area contributed by atoms with E-state index in [-0.39, 0.29) is 5.43 Å². The zero-order valence-electron chi connectivity index (χ0n) is 13.2. The number of fused-ring (bicyclic) bond motifs is 2. The quantitative estimate of drug-likeness (QED) is 0.678. The summed E-state index contributed by atoms with van der Waals surface area (Å²) in [5, 5.41) is 0.806. The van der Waals surface area contributed by atoms with E-state index in [2.05, 4.69) is 35.8 Å². The lowest BCUT2D eigenvalue weighted by atomic mass is 9.89. The van der Waals surface area contributed by atoms with Crippen LogP contribution >= 0.6 is 0 Å². The van der Waals surface area contributed by atoms with Crippen molar-refractivity contribution in [3.63, 3.8) is 0 Å². The highest BCUT2D eigenvalue weighted by molar-refractivity contribution is 5.84. The summed E-state index contributed by atoms with van der Waals surface area (Å²) in [6, 6.07) is 18.2. The van der Waals surface area contributed by atoms with Gasteiger partial charge in [-0.05, 0) is 49.1 Å². The van der Waals surface area contributed by atoms with Crippen LogP contribution in [-0.2, 0) is 6.42 Å². The number of pyridine rings is 1. The predicted octanol–water partition coefficient (Wildman–Crippen LogP) is 4.59. The molecule has 0 aliphatic heterocycles. The van der Waals surface area contributed by atoms with E-state index in [1.807, 2.05) is 42.5 Å². The van der Waals surface area contributed by atoms with Gasteiger partial charge in [0.2, 0.25) is 0 Å². The normalized spacial score (nSPS) is 16.5. The third kappa shape index (κ3) is 2.22. The van der Waals surface area contributed by atoms with Crippen LogP contribution in [-0.4, -0.2) is 4.57 Å². The summed E-state index contributed by atoms with van der Waals surface area (Å²) in [5.74, 6) is 0.459. The van der Waals surface area contributed by atoms with Gasteiger partial charge in [0.05, 0.1) is 11.2 Å². The largest absolute Gasteiger partial charge is 0.309 e. The average Bonchev–Trinajstić information content (AvgIpc) is 2.63. The molecule has 1 aliphatic rings. The molecule has 23 heavy (non-hydrogen) atoms. The molecule has 3 aromatic rings. The van der Waals surface area contributed by atoms with Crippen molar-refractivity contribution < 1.29 is 0 Å². The summed E-state index contributed by atoms with van der Waals surface area (Å²) >= 11 is 0. The number of aromatic nitrogens is 1. The molecule has 114 valence electrons. The molecule has 0 amide bonds. The number of rotatable bonds is 2. The van der Waals surface area contributed by atoms with Crippen LogP contribution in [0.25, 0.3) is 22.7 Å². The van der Waals surface area contributed by atoms with Crippen LogP contribution < -0.4 is 5.43 Å². The fraction of sp³-hybridized carbons (Fsp3) is 0.190. The molecule has 2 nitrogen and oxygen atoms in total. The molecule has 0 spiro atoms. The Bertz CT molecular complexity index is 951. The maximum absolute atomic E-state index is 13.0. The van der Waals surface area contributed by atoms with E-state index < -0.39 is 0 Å². The van der Waals surface area contributed by atoms with E-state index in [0.29, 0.717) is 5.92 Å². The first-order valence-electron chi connectivity index (χ1n) is 8.20. The average molecular weight is 301 g/mol. The molecule has 2 heteroatoms. The SMILES string of the molecule is CCC1C=Cc2c(c(=O)c3ccccc3n2-c2ccccc2)C1. The molecule has 1 heterocycles. The van der Waals surface area contributed by atoms with Crippen molar-refractivity contribution in [1.29, 1.82) is 0 Å². The second kappa shape index (κ2) is 5.54. The number of nitrogens with zero attached hydrogens (tertiary/aromatic N) is 1. The van der Waals surface area contributed by atoms with Crippen molar-refractivity contribution in [3.8, 4) is 5.69 Å². The fourth-order valence-corrected chi connectivity index (χ4v) is 3.47. The van der Waals surface area contributed by atoms with Crippen molar-refractivity contribution in [2.75, 3.05) is 0 Å². The molecule has 1 unspecified atom stereocenters. The summed E-state index contributed by atoms with van der Waals surface area (Å²) in [6.07, 6.45) is 6.27. The van der Waals surface area contributed by atoms with Gasteiger partial charge in [0.25, 0.3) is 0 Å². The molecule has 0 bridgehead atoms. The zero-order valence-corrected chi connectivity index (χ0v) is 13.2. The van der Waals surface area contributed by atoms with Crippen molar-refractivity contribution >= 4 is 17.0 Å². The van der Waals surface area contributed by atoms with Crippen LogP contribution in [0.2, 0.25) is 0 Å². The van der Waals surface area contributed by atoms with Gasteiger partial charge in [-0.3, -0.25) is 4.79 Å². The lowest BCUT2D eigenvalue weighted by molar-refractivity contribution is 0.614. The third-order valence-electron chi connectivity index (χ3n) is 4.75. The second-order valence-corrected chi connectivity index (χ2v) is 6.11. The van der Waals surface area contributed by atoms with Gasteiger partial charge < -0.3 is 4.57 Å². The van der Waals surface area contributed by atoms with Crippen molar-refractivity contribution in [2.24, 2.45) is 5.92 Å². The molecule has 1 aliphatic carbocycles. The third-order valence-corrected chi connectivity index (χ3v) is 4.75. The molecule has 0 radical (unpaired) electrons. The highest BCUT2D eigenvalue weighted by Crippen LogP contribution is 2.28. The standard InChI is InChI=1S/C21H19NO/c1-2-15-12-13-20-18(14-15)21(23)17-10-6-7-11-19(17)22(20)16-8-4-3-5-9-16/h3-13,15H,2,14H2,1H3. The van der Waals surface area contributed by atoms with Crippen LogP contribution in [0.5, 0.6) is 0 Å². The minimum Gasteiger partial charge on any atom is -0.309 e.